The minimum atomic E-state index is -0.946. The number of nitrogens with zero attached hydrogens (tertiary/aromatic N) is 2. The maximum Gasteiger partial charge on any atom is 0.329 e. The van der Waals surface area contributed by atoms with Gasteiger partial charge in [0.2, 0.25) is 0 Å². The Hall–Kier alpha value is -2.44. The summed E-state index contributed by atoms with van der Waals surface area (Å²) in [6.07, 6.45) is 0.716. The number of carbonyl (C=O) groups excluding carboxylic acids is 2. The second-order valence-corrected chi connectivity index (χ2v) is 6.02. The maximum absolute atomic E-state index is 13.0. The lowest BCUT2D eigenvalue weighted by Crippen LogP contribution is -2.45. The number of oxime groups is 1. The van der Waals surface area contributed by atoms with Crippen molar-refractivity contribution in [2.24, 2.45) is 11.1 Å². The van der Waals surface area contributed by atoms with Gasteiger partial charge in [-0.25, -0.2) is 14.1 Å². The second kappa shape index (κ2) is 4.28. The summed E-state index contributed by atoms with van der Waals surface area (Å²) in [6.45, 7) is 1.86. The number of anilines is 1. The van der Waals surface area contributed by atoms with Gasteiger partial charge in [0.1, 0.15) is 17.5 Å². The summed E-state index contributed by atoms with van der Waals surface area (Å²) in [5.74, 6) is -0.673. The van der Waals surface area contributed by atoms with E-state index in [1.54, 1.807) is 0 Å². The molecular weight excluding hydrogens is 289 g/mol. The zero-order chi connectivity index (χ0) is 15.5. The van der Waals surface area contributed by atoms with Crippen molar-refractivity contribution in [3.05, 3.63) is 30.1 Å². The van der Waals surface area contributed by atoms with Gasteiger partial charge in [-0.2, -0.15) is 0 Å². The van der Waals surface area contributed by atoms with Crippen LogP contribution in [0.4, 0.5) is 14.9 Å². The normalized spacial score (nSPS) is 33.0. The Morgan fingerprint density at radius 3 is 2.73 bits per heavy atom. The number of fused-ring (bicyclic) bond motifs is 1. The molecule has 1 aromatic rings. The third kappa shape index (κ3) is 1.68. The van der Waals surface area contributed by atoms with E-state index in [-0.39, 0.29) is 17.9 Å². The molecule has 4 rings (SSSR count). The van der Waals surface area contributed by atoms with Crippen molar-refractivity contribution in [1.82, 2.24) is 5.32 Å². The molecule has 2 aliphatic heterocycles. The predicted molar refractivity (Wildman–Crippen MR) is 75.9 cm³/mol. The van der Waals surface area contributed by atoms with Crippen LogP contribution in [0.15, 0.2) is 29.4 Å². The van der Waals surface area contributed by atoms with Gasteiger partial charge >= 0.3 is 6.03 Å². The number of imide groups is 1. The molecule has 0 aromatic heterocycles. The first-order valence-electron chi connectivity index (χ1n) is 7.13. The molecule has 3 aliphatic rings. The molecule has 6 nitrogen and oxygen atoms in total. The van der Waals surface area contributed by atoms with Crippen LogP contribution in [0.2, 0.25) is 0 Å². The average Bonchev–Trinajstić information content (AvgIpc) is 3.08. The van der Waals surface area contributed by atoms with Gasteiger partial charge in [-0.15, -0.1) is 0 Å². The first-order valence-corrected chi connectivity index (χ1v) is 7.13. The van der Waals surface area contributed by atoms with Crippen LogP contribution in [0, 0.1) is 11.7 Å². The predicted octanol–water partition coefficient (Wildman–Crippen LogP) is 1.81. The quantitative estimate of drug-likeness (QED) is 0.804. The molecule has 2 heterocycles. The van der Waals surface area contributed by atoms with Crippen LogP contribution in [-0.2, 0) is 9.63 Å². The average molecular weight is 303 g/mol. The molecular formula is C15H14FN3O3. The molecule has 7 heteroatoms. The molecule has 0 radical (unpaired) electrons. The highest BCUT2D eigenvalue weighted by atomic mass is 19.1. The number of rotatable bonds is 1. The highest BCUT2D eigenvalue weighted by molar-refractivity contribution is 6.23. The molecule has 3 atom stereocenters. The Morgan fingerprint density at radius 1 is 1.32 bits per heavy atom. The number of nitrogens with one attached hydrogen (secondary N) is 1. The van der Waals surface area contributed by atoms with Crippen molar-refractivity contribution < 1.29 is 18.8 Å². The molecule has 1 spiro atoms. The van der Waals surface area contributed by atoms with Crippen molar-refractivity contribution in [2.75, 3.05) is 4.90 Å². The van der Waals surface area contributed by atoms with Gasteiger partial charge < -0.3 is 10.2 Å². The van der Waals surface area contributed by atoms with Gasteiger partial charge in [-0.1, -0.05) is 5.16 Å². The lowest BCUT2D eigenvalue weighted by molar-refractivity contribution is -0.122. The molecule has 1 N–H and O–H groups in total. The smallest absolute Gasteiger partial charge is 0.329 e. The van der Waals surface area contributed by atoms with Crippen LogP contribution >= 0.6 is 0 Å². The first kappa shape index (κ1) is 13.2. The van der Waals surface area contributed by atoms with Crippen LogP contribution in [0.25, 0.3) is 0 Å². The van der Waals surface area contributed by atoms with Gasteiger partial charge in [0.25, 0.3) is 5.91 Å². The Balaban J connectivity index is 1.66. The molecule has 0 bridgehead atoms. The molecule has 0 unspecified atom stereocenters. The van der Waals surface area contributed by atoms with Crippen LogP contribution in [-0.4, -0.2) is 29.3 Å². The third-order valence-corrected chi connectivity index (χ3v) is 4.68. The fraction of sp³-hybridized carbons (Fsp3) is 0.400. The lowest BCUT2D eigenvalue weighted by atomic mass is 9.94. The zero-order valence-corrected chi connectivity index (χ0v) is 11.9. The fourth-order valence-electron chi connectivity index (χ4n) is 3.54. The summed E-state index contributed by atoms with van der Waals surface area (Å²) in [7, 11) is 0. The van der Waals surface area contributed by atoms with E-state index in [0.29, 0.717) is 18.5 Å². The van der Waals surface area contributed by atoms with E-state index in [1.165, 1.54) is 24.3 Å². The van der Waals surface area contributed by atoms with Gasteiger partial charge in [-0.3, -0.25) is 4.79 Å². The Morgan fingerprint density at radius 2 is 2.05 bits per heavy atom. The number of hydrogen-bond donors (Lipinski definition) is 1. The number of amides is 3. The summed E-state index contributed by atoms with van der Waals surface area (Å²) in [6, 6.07) is 4.82. The van der Waals surface area contributed by atoms with Crippen LogP contribution in [0.1, 0.15) is 19.8 Å². The number of benzene rings is 1. The molecule has 22 heavy (non-hydrogen) atoms. The number of hydrogen-bond acceptors (Lipinski definition) is 4. The van der Waals surface area contributed by atoms with E-state index in [1.807, 2.05) is 6.92 Å². The molecule has 3 amide bonds. The third-order valence-electron chi connectivity index (χ3n) is 4.68. The number of halogens is 1. The van der Waals surface area contributed by atoms with Crippen molar-refractivity contribution in [3.8, 4) is 0 Å². The first-order chi connectivity index (χ1) is 10.5. The van der Waals surface area contributed by atoms with Crippen molar-refractivity contribution in [3.63, 3.8) is 0 Å². The van der Waals surface area contributed by atoms with E-state index < -0.39 is 17.4 Å². The van der Waals surface area contributed by atoms with Crippen LogP contribution in [0.3, 0.4) is 0 Å². The fourth-order valence-corrected chi connectivity index (χ4v) is 3.54. The Kier molecular flexibility index (Phi) is 2.58. The zero-order valence-electron chi connectivity index (χ0n) is 11.9. The Bertz CT molecular complexity index is 702. The minimum absolute atomic E-state index is 0.0532. The summed E-state index contributed by atoms with van der Waals surface area (Å²) in [5.41, 5.74) is 0.270. The Labute approximate surface area is 125 Å². The van der Waals surface area contributed by atoms with Crippen molar-refractivity contribution in [1.29, 1.82) is 0 Å². The summed E-state index contributed by atoms with van der Waals surface area (Å²) < 4.78 is 13.0. The van der Waals surface area contributed by atoms with E-state index in [2.05, 4.69) is 10.5 Å². The van der Waals surface area contributed by atoms with E-state index in [0.717, 1.165) is 10.6 Å². The number of urea groups is 1. The second-order valence-electron chi connectivity index (χ2n) is 6.02. The van der Waals surface area contributed by atoms with E-state index in [4.69, 9.17) is 4.84 Å². The van der Waals surface area contributed by atoms with Gasteiger partial charge in [-0.05, 0) is 37.6 Å². The van der Waals surface area contributed by atoms with Crippen molar-refractivity contribution >= 4 is 23.3 Å². The molecule has 1 aromatic carbocycles. The molecule has 1 saturated carbocycles. The highest BCUT2D eigenvalue weighted by Gasteiger charge is 2.61. The van der Waals surface area contributed by atoms with E-state index in [9.17, 15) is 14.0 Å². The number of carbonyl (C=O) groups is 2. The minimum Gasteiger partial charge on any atom is -0.392 e. The lowest BCUT2D eigenvalue weighted by Gasteiger charge is -2.21. The summed E-state index contributed by atoms with van der Waals surface area (Å²) in [5, 5.41) is 6.74. The molecule has 1 aliphatic carbocycles. The van der Waals surface area contributed by atoms with Crippen LogP contribution in [0.5, 0.6) is 0 Å². The van der Waals surface area contributed by atoms with Crippen LogP contribution < -0.4 is 10.2 Å². The monoisotopic (exact) mass is 303 g/mol. The standard InChI is InChI=1S/C15H14FN3O3/c1-8-11-6-15(7-12(11)22-18-8)13(20)19(14(21)17-15)10-4-2-9(16)3-5-10/h2-5,11-12H,6-7H2,1H3,(H,17,21)/t11-,12-,15+/m0/s1. The molecule has 2 fully saturated rings. The summed E-state index contributed by atoms with van der Waals surface area (Å²) in [4.78, 5) is 31.5. The highest BCUT2D eigenvalue weighted by Crippen LogP contribution is 2.44. The van der Waals surface area contributed by atoms with Gasteiger partial charge in [0.15, 0.2) is 0 Å². The van der Waals surface area contributed by atoms with Crippen molar-refractivity contribution in [2.45, 2.75) is 31.4 Å². The van der Waals surface area contributed by atoms with Gasteiger partial charge in [0.05, 0.1) is 11.4 Å². The SMILES string of the molecule is CC1=NO[C@H]2C[C@@]3(C[C@@H]12)NC(=O)N(c1ccc(F)cc1)C3=O. The topological polar surface area (TPSA) is 71.0 Å². The maximum atomic E-state index is 13.0. The summed E-state index contributed by atoms with van der Waals surface area (Å²) >= 11 is 0. The van der Waals surface area contributed by atoms with Gasteiger partial charge in [0, 0.05) is 12.3 Å². The van der Waals surface area contributed by atoms with E-state index >= 15 is 0 Å². The molecule has 1 saturated heterocycles. The largest absolute Gasteiger partial charge is 0.392 e. The molecule has 114 valence electrons.